The number of aromatic amines is 1. The van der Waals surface area contributed by atoms with Gasteiger partial charge in [-0.1, -0.05) is 12.1 Å². The van der Waals surface area contributed by atoms with Crippen LogP contribution in [0.3, 0.4) is 0 Å². The van der Waals surface area contributed by atoms with Crippen molar-refractivity contribution in [3.8, 4) is 11.3 Å². The van der Waals surface area contributed by atoms with Crippen molar-refractivity contribution in [2.75, 3.05) is 0 Å². The van der Waals surface area contributed by atoms with Crippen molar-refractivity contribution in [2.24, 2.45) is 0 Å². The molecule has 0 aliphatic rings. The molecule has 3 heteroatoms. The topological polar surface area (TPSA) is 33.6 Å². The van der Waals surface area contributed by atoms with Gasteiger partial charge in [-0.25, -0.2) is 4.98 Å². The fourth-order valence-electron chi connectivity index (χ4n) is 2.02. The molecule has 0 amide bonds. The van der Waals surface area contributed by atoms with Crippen molar-refractivity contribution in [1.82, 2.24) is 14.5 Å². The van der Waals surface area contributed by atoms with Gasteiger partial charge in [0.05, 0.1) is 18.2 Å². The molecule has 1 N–H and O–H groups in total. The van der Waals surface area contributed by atoms with E-state index >= 15 is 0 Å². The second-order valence-corrected chi connectivity index (χ2v) is 3.84. The van der Waals surface area contributed by atoms with Gasteiger partial charge in [-0.05, 0) is 24.4 Å². The van der Waals surface area contributed by atoms with Gasteiger partial charge in [-0.3, -0.25) is 0 Å². The van der Waals surface area contributed by atoms with Crippen molar-refractivity contribution in [1.29, 1.82) is 0 Å². The molecular formula is C13H13N3. The zero-order valence-corrected chi connectivity index (χ0v) is 9.14. The monoisotopic (exact) mass is 211 g/mol. The Kier molecular flexibility index (Phi) is 2.03. The largest absolute Gasteiger partial charge is 0.361 e. The van der Waals surface area contributed by atoms with Crippen LogP contribution in [0.4, 0.5) is 0 Å². The van der Waals surface area contributed by atoms with E-state index in [1.165, 1.54) is 22.2 Å². The summed E-state index contributed by atoms with van der Waals surface area (Å²) in [5, 5.41) is 1.24. The van der Waals surface area contributed by atoms with Gasteiger partial charge >= 0.3 is 0 Å². The lowest BCUT2D eigenvalue weighted by molar-refractivity contribution is 0.769. The summed E-state index contributed by atoms with van der Waals surface area (Å²) in [7, 11) is 0. The Balaban J connectivity index is 2.18. The van der Waals surface area contributed by atoms with E-state index in [-0.39, 0.29) is 0 Å². The second kappa shape index (κ2) is 3.52. The number of nitrogens with one attached hydrogen (secondary N) is 1. The van der Waals surface area contributed by atoms with E-state index in [2.05, 4.69) is 45.7 Å². The number of aryl methyl sites for hydroxylation is 1. The second-order valence-electron chi connectivity index (χ2n) is 3.84. The minimum atomic E-state index is 0.943. The molecule has 1 aromatic carbocycles. The maximum Gasteiger partial charge on any atom is 0.0950 e. The minimum Gasteiger partial charge on any atom is -0.361 e. The molecule has 2 heterocycles. The van der Waals surface area contributed by atoms with Crippen molar-refractivity contribution >= 4 is 10.9 Å². The van der Waals surface area contributed by atoms with Gasteiger partial charge in [-0.15, -0.1) is 0 Å². The van der Waals surface area contributed by atoms with Crippen LogP contribution in [-0.2, 0) is 6.54 Å². The molecule has 0 unspecified atom stereocenters. The van der Waals surface area contributed by atoms with E-state index in [9.17, 15) is 0 Å². The van der Waals surface area contributed by atoms with E-state index < -0.39 is 0 Å². The molecule has 0 aliphatic heterocycles. The van der Waals surface area contributed by atoms with E-state index in [1.807, 2.05) is 18.7 Å². The highest BCUT2D eigenvalue weighted by atomic mass is 15.0. The molecule has 0 fully saturated rings. The standard InChI is InChI=1S/C13H13N3/c1-2-16-9-14-8-13(16)11-4-3-10-5-6-15-12(10)7-11/h3-9,15H,2H2,1H3. The highest BCUT2D eigenvalue weighted by Crippen LogP contribution is 2.23. The van der Waals surface area contributed by atoms with E-state index in [4.69, 9.17) is 0 Å². The molecule has 16 heavy (non-hydrogen) atoms. The first-order valence-electron chi connectivity index (χ1n) is 5.46. The van der Waals surface area contributed by atoms with Crippen molar-refractivity contribution < 1.29 is 0 Å². The van der Waals surface area contributed by atoms with Gasteiger partial charge in [0.25, 0.3) is 0 Å². The Bertz CT molecular complexity index is 619. The lowest BCUT2D eigenvalue weighted by atomic mass is 10.1. The van der Waals surface area contributed by atoms with Crippen LogP contribution >= 0.6 is 0 Å². The molecule has 3 aromatic rings. The summed E-state index contributed by atoms with van der Waals surface area (Å²) < 4.78 is 2.14. The normalized spacial score (nSPS) is 11.1. The number of fused-ring (bicyclic) bond motifs is 1. The first kappa shape index (κ1) is 9.21. The summed E-state index contributed by atoms with van der Waals surface area (Å²) in [6.07, 6.45) is 5.74. The molecule has 2 aromatic heterocycles. The average Bonchev–Trinajstić information content (AvgIpc) is 2.96. The van der Waals surface area contributed by atoms with Crippen molar-refractivity contribution in [3.05, 3.63) is 43.0 Å². The Labute approximate surface area is 93.7 Å². The number of imidazole rings is 1. The van der Waals surface area contributed by atoms with Crippen LogP contribution in [0.2, 0.25) is 0 Å². The van der Waals surface area contributed by atoms with Crippen LogP contribution in [0.1, 0.15) is 6.92 Å². The molecule has 0 aliphatic carbocycles. The molecule has 80 valence electrons. The zero-order valence-electron chi connectivity index (χ0n) is 9.14. The molecule has 0 saturated carbocycles. The predicted molar refractivity (Wildman–Crippen MR) is 65.2 cm³/mol. The lowest BCUT2D eigenvalue weighted by Crippen LogP contribution is -1.94. The van der Waals surface area contributed by atoms with E-state index in [0.717, 1.165) is 6.54 Å². The number of aromatic nitrogens is 3. The Morgan fingerprint density at radius 3 is 3.12 bits per heavy atom. The molecule has 0 bridgehead atoms. The third-order valence-electron chi connectivity index (χ3n) is 2.90. The van der Waals surface area contributed by atoms with E-state index in [1.54, 1.807) is 0 Å². The SMILES string of the molecule is CCn1cncc1-c1ccc2cc[nH]c2c1. The molecule has 0 atom stereocenters. The maximum absolute atomic E-state index is 4.19. The van der Waals surface area contributed by atoms with Gasteiger partial charge in [0.2, 0.25) is 0 Å². The zero-order chi connectivity index (χ0) is 11.0. The van der Waals surface area contributed by atoms with Crippen LogP contribution in [-0.4, -0.2) is 14.5 Å². The number of H-pyrrole nitrogens is 1. The van der Waals surface area contributed by atoms with Gasteiger partial charge < -0.3 is 9.55 Å². The van der Waals surface area contributed by atoms with Gasteiger partial charge in [0, 0.05) is 23.8 Å². The average molecular weight is 211 g/mol. The number of benzene rings is 1. The van der Waals surface area contributed by atoms with Crippen LogP contribution in [0.15, 0.2) is 43.0 Å². The molecular weight excluding hydrogens is 198 g/mol. The Morgan fingerprint density at radius 2 is 2.25 bits per heavy atom. The third-order valence-corrected chi connectivity index (χ3v) is 2.90. The van der Waals surface area contributed by atoms with Crippen LogP contribution < -0.4 is 0 Å². The Morgan fingerprint density at radius 1 is 1.31 bits per heavy atom. The summed E-state index contributed by atoms with van der Waals surface area (Å²) >= 11 is 0. The summed E-state index contributed by atoms with van der Waals surface area (Å²) in [6.45, 7) is 3.07. The summed E-state index contributed by atoms with van der Waals surface area (Å²) in [6, 6.07) is 8.52. The molecule has 0 spiro atoms. The quantitative estimate of drug-likeness (QED) is 0.694. The highest BCUT2D eigenvalue weighted by molar-refractivity contribution is 5.84. The van der Waals surface area contributed by atoms with Crippen molar-refractivity contribution in [2.45, 2.75) is 13.5 Å². The number of rotatable bonds is 2. The third kappa shape index (κ3) is 1.33. The maximum atomic E-state index is 4.19. The molecule has 3 nitrogen and oxygen atoms in total. The Hall–Kier alpha value is -2.03. The number of nitrogens with zero attached hydrogens (tertiary/aromatic N) is 2. The highest BCUT2D eigenvalue weighted by Gasteiger charge is 2.04. The predicted octanol–water partition coefficient (Wildman–Crippen LogP) is 3.05. The lowest BCUT2D eigenvalue weighted by Gasteiger charge is -2.05. The smallest absolute Gasteiger partial charge is 0.0950 e. The summed E-state index contributed by atoms with van der Waals surface area (Å²) in [4.78, 5) is 7.42. The van der Waals surface area contributed by atoms with Crippen LogP contribution in [0.25, 0.3) is 22.2 Å². The molecule has 3 rings (SSSR count). The number of hydrogen-bond donors (Lipinski definition) is 1. The van der Waals surface area contributed by atoms with Gasteiger partial charge in [0.15, 0.2) is 0 Å². The van der Waals surface area contributed by atoms with Crippen molar-refractivity contribution in [3.63, 3.8) is 0 Å². The summed E-state index contributed by atoms with van der Waals surface area (Å²) in [5.74, 6) is 0. The van der Waals surface area contributed by atoms with E-state index in [0.29, 0.717) is 0 Å². The summed E-state index contributed by atoms with van der Waals surface area (Å²) in [5.41, 5.74) is 3.54. The minimum absolute atomic E-state index is 0.943. The van der Waals surface area contributed by atoms with Gasteiger partial charge in [-0.2, -0.15) is 0 Å². The fraction of sp³-hybridized carbons (Fsp3) is 0.154. The van der Waals surface area contributed by atoms with Crippen LogP contribution in [0.5, 0.6) is 0 Å². The fourth-order valence-corrected chi connectivity index (χ4v) is 2.02. The molecule has 0 saturated heterocycles. The number of hydrogen-bond acceptors (Lipinski definition) is 1. The van der Waals surface area contributed by atoms with Crippen LogP contribution in [0, 0.1) is 0 Å². The first-order chi connectivity index (χ1) is 7.88. The first-order valence-corrected chi connectivity index (χ1v) is 5.46. The molecule has 0 radical (unpaired) electrons. The van der Waals surface area contributed by atoms with Gasteiger partial charge in [0.1, 0.15) is 0 Å².